The van der Waals surface area contributed by atoms with Gasteiger partial charge in [-0.1, -0.05) is 22.8 Å². The predicted octanol–water partition coefficient (Wildman–Crippen LogP) is 7.68. The topological polar surface area (TPSA) is 59.2 Å². The number of benzene rings is 1. The second kappa shape index (κ2) is 9.54. The van der Waals surface area contributed by atoms with E-state index in [1.54, 1.807) is 23.1 Å². The minimum absolute atomic E-state index is 0.0548. The van der Waals surface area contributed by atoms with E-state index >= 15 is 0 Å². The Morgan fingerprint density at radius 1 is 1.11 bits per heavy atom. The number of alkyl halides is 4. The van der Waals surface area contributed by atoms with E-state index in [1.165, 1.54) is 0 Å². The minimum atomic E-state index is -3.18. The summed E-state index contributed by atoms with van der Waals surface area (Å²) in [6.45, 7) is 1.25. The van der Waals surface area contributed by atoms with Crippen molar-refractivity contribution in [1.82, 2.24) is 10.1 Å². The SMILES string of the molecule is CC(F)(F)c1nc(C23CCC(CN(C(=O)CC4CCC(F)(F)CC4)c4cccc(Cl)c4)(CC2)CC3)no1. The van der Waals surface area contributed by atoms with Gasteiger partial charge < -0.3 is 9.42 Å². The molecule has 6 rings (SSSR count). The molecule has 37 heavy (non-hydrogen) atoms. The van der Waals surface area contributed by atoms with E-state index in [0.717, 1.165) is 45.4 Å². The number of aromatic nitrogens is 2. The summed E-state index contributed by atoms with van der Waals surface area (Å²) in [6.07, 6.45) is 5.20. The Balaban J connectivity index is 1.31. The molecule has 10 heteroatoms. The number of hydrogen-bond donors (Lipinski definition) is 0. The van der Waals surface area contributed by atoms with Crippen LogP contribution in [0.3, 0.4) is 0 Å². The van der Waals surface area contributed by atoms with Gasteiger partial charge in [-0.25, -0.2) is 8.78 Å². The number of carbonyl (C=O) groups excluding carboxylic acids is 1. The third kappa shape index (κ3) is 5.52. The van der Waals surface area contributed by atoms with Gasteiger partial charge in [0.15, 0.2) is 5.82 Å². The van der Waals surface area contributed by atoms with Gasteiger partial charge in [0.05, 0.1) is 0 Å². The van der Waals surface area contributed by atoms with Crippen LogP contribution in [-0.2, 0) is 16.1 Å². The van der Waals surface area contributed by atoms with Crippen LogP contribution in [0, 0.1) is 11.3 Å². The second-order valence-corrected chi connectivity index (χ2v) is 12.0. The van der Waals surface area contributed by atoms with Gasteiger partial charge in [-0.2, -0.15) is 13.8 Å². The molecule has 5 nitrogen and oxygen atoms in total. The molecule has 1 heterocycles. The first-order valence-electron chi connectivity index (χ1n) is 13.1. The molecule has 0 radical (unpaired) electrons. The van der Waals surface area contributed by atoms with Crippen molar-refractivity contribution >= 4 is 23.2 Å². The third-order valence-electron chi connectivity index (χ3n) is 8.89. The fourth-order valence-corrected chi connectivity index (χ4v) is 6.60. The number of carbonyl (C=O) groups is 1. The average molecular weight is 542 g/mol. The van der Waals surface area contributed by atoms with E-state index in [4.69, 9.17) is 16.1 Å². The highest BCUT2D eigenvalue weighted by atomic mass is 35.5. The van der Waals surface area contributed by atoms with Crippen LogP contribution in [0.25, 0.3) is 0 Å². The van der Waals surface area contributed by atoms with E-state index in [1.807, 2.05) is 6.07 Å². The number of hydrogen-bond acceptors (Lipinski definition) is 4. The maximum atomic E-state index is 13.7. The van der Waals surface area contributed by atoms with Gasteiger partial charge in [0.1, 0.15) is 0 Å². The van der Waals surface area contributed by atoms with Crippen molar-refractivity contribution in [2.45, 2.75) is 94.8 Å². The van der Waals surface area contributed by atoms with Crippen LogP contribution in [0.2, 0.25) is 5.02 Å². The van der Waals surface area contributed by atoms with E-state index in [9.17, 15) is 22.4 Å². The Kier molecular flexibility index (Phi) is 6.82. The minimum Gasteiger partial charge on any atom is -0.333 e. The highest BCUT2D eigenvalue weighted by Gasteiger charge is 2.53. The zero-order valence-electron chi connectivity index (χ0n) is 20.9. The Morgan fingerprint density at radius 2 is 1.76 bits per heavy atom. The summed E-state index contributed by atoms with van der Waals surface area (Å²) in [7, 11) is 0. The molecule has 2 aromatic rings. The fourth-order valence-electron chi connectivity index (χ4n) is 6.42. The quantitative estimate of drug-likeness (QED) is 0.337. The lowest BCUT2D eigenvalue weighted by Crippen LogP contribution is -2.51. The van der Waals surface area contributed by atoms with Gasteiger partial charge in [0.25, 0.3) is 5.89 Å². The number of nitrogens with zero attached hydrogens (tertiary/aromatic N) is 3. The molecule has 4 aliphatic rings. The predicted molar refractivity (Wildman–Crippen MR) is 131 cm³/mol. The number of fused-ring (bicyclic) bond motifs is 3. The maximum absolute atomic E-state index is 13.7. The van der Waals surface area contributed by atoms with Gasteiger partial charge in [0.2, 0.25) is 11.8 Å². The maximum Gasteiger partial charge on any atom is 0.322 e. The van der Waals surface area contributed by atoms with Crippen molar-refractivity contribution < 1.29 is 26.9 Å². The first-order valence-corrected chi connectivity index (χ1v) is 13.4. The van der Waals surface area contributed by atoms with Crippen LogP contribution >= 0.6 is 11.6 Å². The van der Waals surface area contributed by atoms with Crippen LogP contribution < -0.4 is 4.90 Å². The lowest BCUT2D eigenvalue weighted by atomic mass is 9.53. The van der Waals surface area contributed by atoms with Gasteiger partial charge in [0, 0.05) is 48.9 Å². The van der Waals surface area contributed by atoms with Gasteiger partial charge in [-0.05, 0) is 80.9 Å². The molecular formula is C27H32ClF4N3O2. The van der Waals surface area contributed by atoms with Crippen molar-refractivity contribution in [2.75, 3.05) is 11.4 Å². The molecular weight excluding hydrogens is 510 g/mol. The van der Waals surface area contributed by atoms with E-state index in [2.05, 4.69) is 10.1 Å². The summed E-state index contributed by atoms with van der Waals surface area (Å²) in [6, 6.07) is 7.19. The van der Waals surface area contributed by atoms with Crippen molar-refractivity contribution in [3.05, 3.63) is 41.0 Å². The summed E-state index contributed by atoms with van der Waals surface area (Å²) in [5.41, 5.74) is 0.205. The highest BCUT2D eigenvalue weighted by molar-refractivity contribution is 6.30. The zero-order chi connectivity index (χ0) is 26.5. The number of anilines is 1. The summed E-state index contributed by atoms with van der Waals surface area (Å²) >= 11 is 6.26. The summed E-state index contributed by atoms with van der Waals surface area (Å²) < 4.78 is 59.5. The smallest absolute Gasteiger partial charge is 0.322 e. The molecule has 4 fully saturated rings. The Morgan fingerprint density at radius 3 is 2.32 bits per heavy atom. The van der Waals surface area contributed by atoms with Crippen LogP contribution in [0.1, 0.15) is 89.3 Å². The van der Waals surface area contributed by atoms with Gasteiger partial charge in [-0.3, -0.25) is 4.79 Å². The van der Waals surface area contributed by atoms with Crippen LogP contribution in [0.5, 0.6) is 0 Å². The van der Waals surface area contributed by atoms with E-state index in [0.29, 0.717) is 35.9 Å². The molecule has 202 valence electrons. The zero-order valence-corrected chi connectivity index (χ0v) is 21.7. The molecule has 4 aliphatic carbocycles. The molecule has 1 aromatic carbocycles. The van der Waals surface area contributed by atoms with Gasteiger partial charge in [-0.15, -0.1) is 0 Å². The Labute approximate surface area is 218 Å². The lowest BCUT2D eigenvalue weighted by Gasteiger charge is -2.53. The molecule has 0 atom stereocenters. The fraction of sp³-hybridized carbons (Fsp3) is 0.667. The average Bonchev–Trinajstić information content (AvgIpc) is 3.37. The first-order chi connectivity index (χ1) is 17.4. The summed E-state index contributed by atoms with van der Waals surface area (Å²) in [5, 5.41) is 4.44. The van der Waals surface area contributed by atoms with Crippen LogP contribution in [0.4, 0.5) is 23.2 Å². The number of halogens is 5. The molecule has 0 N–H and O–H groups in total. The van der Waals surface area contributed by atoms with Crippen molar-refractivity contribution in [1.29, 1.82) is 0 Å². The Bertz CT molecular complexity index is 1110. The Hall–Kier alpha value is -2.16. The molecule has 1 amide bonds. The largest absolute Gasteiger partial charge is 0.333 e. The molecule has 0 aliphatic heterocycles. The molecule has 0 unspecified atom stereocenters. The second-order valence-electron chi connectivity index (χ2n) is 11.6. The van der Waals surface area contributed by atoms with Crippen molar-refractivity contribution in [3.8, 4) is 0 Å². The van der Waals surface area contributed by atoms with E-state index < -0.39 is 17.7 Å². The number of rotatable bonds is 7. The normalized spacial score (nSPS) is 27.8. The monoisotopic (exact) mass is 541 g/mol. The molecule has 0 saturated heterocycles. The van der Waals surface area contributed by atoms with Gasteiger partial charge >= 0.3 is 5.92 Å². The molecule has 2 bridgehead atoms. The first kappa shape index (κ1) is 26.4. The summed E-state index contributed by atoms with van der Waals surface area (Å²) in [4.78, 5) is 19.5. The molecule has 0 spiro atoms. The van der Waals surface area contributed by atoms with Crippen LogP contribution in [-0.4, -0.2) is 28.5 Å². The van der Waals surface area contributed by atoms with Crippen molar-refractivity contribution in [2.24, 2.45) is 11.3 Å². The molecule has 4 saturated carbocycles. The van der Waals surface area contributed by atoms with Crippen LogP contribution in [0.15, 0.2) is 28.8 Å². The lowest BCUT2D eigenvalue weighted by molar-refractivity contribution is -0.121. The molecule has 1 aromatic heterocycles. The van der Waals surface area contributed by atoms with E-state index in [-0.39, 0.29) is 41.9 Å². The third-order valence-corrected chi connectivity index (χ3v) is 9.13. The number of amides is 1. The van der Waals surface area contributed by atoms with Crippen molar-refractivity contribution in [3.63, 3.8) is 0 Å². The highest BCUT2D eigenvalue weighted by Crippen LogP contribution is 2.58. The standard InChI is InChI=1S/C27H32ClF4N3O2/c1-24(29,30)23-33-22(34-37-23)26-12-9-25(10-13-26,11-14-26)17-35(20-4-2-3-19(28)16-20)21(36)15-18-5-7-27(31,32)8-6-18/h2-4,16,18H,5-15,17H2,1H3. The summed E-state index contributed by atoms with van der Waals surface area (Å²) in [5.74, 6) is -6.23.